The van der Waals surface area contributed by atoms with Gasteiger partial charge in [-0.2, -0.15) is 0 Å². The van der Waals surface area contributed by atoms with E-state index in [0.717, 1.165) is 0 Å². The summed E-state index contributed by atoms with van der Waals surface area (Å²) in [6.07, 6.45) is -78.0. The van der Waals surface area contributed by atoms with Crippen molar-refractivity contribution >= 4 is 153 Å². The van der Waals surface area contributed by atoms with Gasteiger partial charge in [0.1, 0.15) is 247 Å². The molecule has 0 aromatic carbocycles. The molecular weight excluding hydrogens is 2070 g/mol. The maximum Gasteiger partial charge on any atom is 0.322 e. The van der Waals surface area contributed by atoms with Crippen LogP contribution < -0.4 is 0 Å². The van der Waals surface area contributed by atoms with E-state index in [1.165, 1.54) is 96.9 Å². The molecule has 35 atom stereocenters. The Labute approximate surface area is 741 Å². The molecule has 35 unspecified atom stereocenters. The van der Waals surface area contributed by atoms with Crippen molar-refractivity contribution in [3.63, 3.8) is 0 Å². The summed E-state index contributed by atoms with van der Waals surface area (Å²) in [6, 6.07) is 0. The maximum atomic E-state index is 13.5. The monoisotopic (exact) mass is 2170 g/mol. The number of carbonyl (C=O) groups excluding carboxylic acids is 7. The number of ether oxygens (including phenoxy) is 21. The molecule has 0 saturated carbocycles. The van der Waals surface area contributed by atoms with Gasteiger partial charge in [0.25, 0.3) is 0 Å². The molecule has 119 heavy (non-hydrogen) atoms. The molecule has 14 N–H and O–H groups in total. The van der Waals surface area contributed by atoms with Crippen molar-refractivity contribution < 1.29 is 205 Å². The molecule has 0 aliphatic carbocycles. The van der Waals surface area contributed by atoms with Crippen molar-refractivity contribution in [2.45, 2.75) is 342 Å². The van der Waals surface area contributed by atoms with Crippen LogP contribution >= 0.6 is 112 Å². The van der Waals surface area contributed by atoms with E-state index in [9.17, 15) is 105 Å². The van der Waals surface area contributed by atoms with E-state index in [1.54, 1.807) is 0 Å². The van der Waals surface area contributed by atoms with Gasteiger partial charge in [-0.05, 0) is 96.9 Å². The predicted octanol–water partition coefficient (Wildman–Crippen LogP) is -3.16. The van der Waals surface area contributed by atoms with Gasteiger partial charge in [-0.3, -0.25) is 33.6 Å². The van der Waals surface area contributed by atoms with E-state index in [0.29, 0.717) is 0 Å². The molecule has 686 valence electrons. The fourth-order valence-corrected chi connectivity index (χ4v) is 13.4. The zero-order valence-corrected chi connectivity index (χ0v) is 77.6. The minimum atomic E-state index is -2.43. The summed E-state index contributed by atoms with van der Waals surface area (Å²) in [5.41, 5.74) is 0. The van der Waals surface area contributed by atoms with Crippen LogP contribution in [0, 0.1) is 0 Å². The fraction of sp³-hybridized carbons (Fsp3) is 0.900. The van der Waals surface area contributed by atoms with Gasteiger partial charge in [0.2, 0.25) is 0 Å². The van der Waals surface area contributed by atoms with Crippen molar-refractivity contribution in [3.05, 3.63) is 0 Å². The third-order valence-electron chi connectivity index (χ3n) is 19.6. The minimum Gasteiger partial charge on any atom is -0.462 e. The molecule has 21 saturated heterocycles. The molecule has 0 spiro atoms. The number of esters is 7. The van der Waals surface area contributed by atoms with Crippen LogP contribution in [-0.2, 0) is 133 Å². The topological polar surface area (TPSA) is 597 Å². The Morgan fingerprint density at radius 3 is 0.370 bits per heavy atom. The first-order chi connectivity index (χ1) is 54.6. The lowest BCUT2D eigenvalue weighted by Gasteiger charge is -2.50. The second kappa shape index (κ2) is 41.1. The zero-order valence-electron chi connectivity index (χ0n) is 66.5. The van der Waals surface area contributed by atoms with Gasteiger partial charge in [0.05, 0.1) is 0 Å². The lowest BCUT2D eigenvalue weighted by atomic mass is 9.95. The number of rotatable bonds is 21. The standard InChI is InChI=1S/C70H105Br7O42/c1-64(2,71)57(92)99-15-22-43-29(78)36(85)50(106-22)114-44-23(16-100-58(93)65(3,4)72)108-52(38(87)31(44)80)116-46-25(18-102-60(95)67(7,8)74)110-54(40(89)33(46)82)118-48-27(20-104-62(97)69(11,12)76)112-56(42(91)35(48)84)119-49-28(21-105-63(98)70(13,14)77)111-55(41(90)34(49)83)117-47-26(19-103-61(96)68(9,10)75)109-53(39(88)32(47)81)115-45-24(17-101-59(94)66(5,6)73)107-51(113-43)37(86)30(45)79/h22-56,78-91H,15-21H2,1-14H3. The van der Waals surface area contributed by atoms with Gasteiger partial charge >= 0.3 is 41.8 Å². The van der Waals surface area contributed by atoms with Gasteiger partial charge in [-0.25, -0.2) is 0 Å². The lowest BCUT2D eigenvalue weighted by molar-refractivity contribution is -0.396. The van der Waals surface area contributed by atoms with Crippen LogP contribution in [0.1, 0.15) is 96.9 Å². The smallest absolute Gasteiger partial charge is 0.322 e. The molecule has 0 radical (unpaired) electrons. The number of halogens is 7. The quantitative estimate of drug-likeness (QED) is 0.0306. The third-order valence-corrected chi connectivity index (χ3v) is 21.8. The summed E-state index contributed by atoms with van der Waals surface area (Å²) >= 11 is 22.3. The number of aliphatic hydroxyl groups is 14. The Hall–Kier alpha value is -1.47. The Bertz CT molecular complexity index is 2810. The van der Waals surface area contributed by atoms with Crippen molar-refractivity contribution in [1.29, 1.82) is 0 Å². The van der Waals surface area contributed by atoms with Crippen LogP contribution in [0.4, 0.5) is 0 Å². The van der Waals surface area contributed by atoms with Crippen LogP contribution in [0.5, 0.6) is 0 Å². The zero-order chi connectivity index (χ0) is 89.5. The molecular formula is C70H105Br7O42. The predicted molar refractivity (Wildman–Crippen MR) is 417 cm³/mol. The van der Waals surface area contributed by atoms with Gasteiger partial charge < -0.3 is 171 Å². The largest absolute Gasteiger partial charge is 0.462 e. The van der Waals surface area contributed by atoms with E-state index >= 15 is 0 Å². The minimum absolute atomic E-state index is 0.971. The number of carbonyl (C=O) groups is 7. The highest BCUT2D eigenvalue weighted by Crippen LogP contribution is 2.42. The second-order valence-electron chi connectivity index (χ2n) is 32.9. The second-order valence-corrected chi connectivity index (χ2v) is 46.7. The Morgan fingerprint density at radius 1 is 0.193 bits per heavy atom. The van der Waals surface area contributed by atoms with Gasteiger partial charge in [-0.1, -0.05) is 112 Å². The van der Waals surface area contributed by atoms with Crippen molar-refractivity contribution in [3.8, 4) is 0 Å². The Kier molecular flexibility index (Phi) is 35.5. The van der Waals surface area contributed by atoms with Gasteiger partial charge in [-0.15, -0.1) is 0 Å². The molecule has 21 aliphatic heterocycles. The summed E-state index contributed by atoms with van der Waals surface area (Å²) in [5, 5.41) is 171. The summed E-state index contributed by atoms with van der Waals surface area (Å²) in [6.45, 7) is 12.5. The Morgan fingerprint density at radius 2 is 0.286 bits per heavy atom. The van der Waals surface area contributed by atoms with E-state index in [4.69, 9.17) is 99.5 Å². The van der Waals surface area contributed by atoms with Crippen LogP contribution in [0.3, 0.4) is 0 Å². The summed E-state index contributed by atoms with van der Waals surface area (Å²) < 4.78 is 116. The van der Waals surface area contributed by atoms with Gasteiger partial charge in [0.15, 0.2) is 44.0 Å². The molecule has 42 nitrogen and oxygen atoms in total. The molecule has 49 heteroatoms. The lowest BCUT2D eigenvalue weighted by Crippen LogP contribution is -2.68. The average Bonchev–Trinajstić information content (AvgIpc) is 0.836. The van der Waals surface area contributed by atoms with Crippen molar-refractivity contribution in [2.24, 2.45) is 0 Å². The highest BCUT2D eigenvalue weighted by molar-refractivity contribution is 9.11. The van der Waals surface area contributed by atoms with Crippen LogP contribution in [0.2, 0.25) is 0 Å². The normalized spacial score (nSPS) is 40.6. The molecule has 0 amide bonds. The molecule has 21 rings (SSSR count). The summed E-state index contributed by atoms with van der Waals surface area (Å²) in [7, 11) is 0. The molecule has 21 heterocycles. The number of hydrogen-bond donors (Lipinski definition) is 14. The van der Waals surface area contributed by atoms with Crippen LogP contribution in [-0.4, -0.2) is 405 Å². The van der Waals surface area contributed by atoms with E-state index in [-0.39, 0.29) is 0 Å². The first kappa shape index (κ1) is 103. The molecule has 0 aromatic heterocycles. The van der Waals surface area contributed by atoms with Crippen LogP contribution in [0.25, 0.3) is 0 Å². The maximum absolute atomic E-state index is 13.5. The van der Waals surface area contributed by atoms with E-state index < -0.39 is 333 Å². The fourth-order valence-electron chi connectivity index (χ4n) is 12.6. The van der Waals surface area contributed by atoms with Crippen molar-refractivity contribution in [1.82, 2.24) is 0 Å². The summed E-state index contributed by atoms with van der Waals surface area (Å²) in [5.74, 6) is -6.95. The third kappa shape index (κ3) is 25.8. The SMILES string of the molecule is CC(C)(Br)C(=O)OCC1OC2OC3C(COC(=O)C(C)(C)Br)OC(OC4C(COC(=O)C(C)(C)Br)OC(OC5C(COC(=O)C(C)(C)Br)OC(OC6C(COC(=O)C(C)(C)Br)OC(OC7C(COC(=O)C(C)(C)Br)OC(OC8C(COC(=O)C(C)(C)Br)OC(OC1C(O)C2O)C(O)C8O)C(O)C7O)C(O)C6O)C(O)C5O)C(O)C4O)C(O)C3O. The number of hydrogen-bond acceptors (Lipinski definition) is 42. The number of alkyl halides is 7. The van der Waals surface area contributed by atoms with Crippen molar-refractivity contribution in [2.75, 3.05) is 46.2 Å². The molecule has 14 bridgehead atoms. The van der Waals surface area contributed by atoms with E-state index in [1.807, 2.05) is 0 Å². The Balaban J connectivity index is 1.27. The molecule has 21 fully saturated rings. The first-order valence-electron chi connectivity index (χ1n) is 37.4. The van der Waals surface area contributed by atoms with E-state index in [2.05, 4.69) is 112 Å². The first-order valence-corrected chi connectivity index (χ1v) is 42.9. The highest BCUT2D eigenvalue weighted by atomic mass is 79.9. The average molecular weight is 2180 g/mol. The summed E-state index contributed by atoms with van der Waals surface area (Å²) in [4.78, 5) is 94.6. The molecule has 0 aromatic rings. The molecule has 21 aliphatic rings. The van der Waals surface area contributed by atoms with Crippen LogP contribution in [0.15, 0.2) is 0 Å². The van der Waals surface area contributed by atoms with Gasteiger partial charge in [0, 0.05) is 0 Å². The number of aliphatic hydroxyl groups excluding tert-OH is 14. The highest BCUT2D eigenvalue weighted by Gasteiger charge is 2.61.